The van der Waals surface area contributed by atoms with E-state index in [1.165, 1.54) is 4.31 Å². The van der Waals surface area contributed by atoms with E-state index in [-0.39, 0.29) is 29.9 Å². The second kappa shape index (κ2) is 10.8. The van der Waals surface area contributed by atoms with Gasteiger partial charge in [0.1, 0.15) is 0 Å². The zero-order chi connectivity index (χ0) is 25.0. The molecule has 0 fully saturated rings. The minimum Gasteiger partial charge on any atom is -0.348 e. The fourth-order valence-electron chi connectivity index (χ4n) is 4.11. The lowest BCUT2D eigenvalue weighted by Gasteiger charge is -2.25. The van der Waals surface area contributed by atoms with Crippen molar-refractivity contribution in [3.63, 3.8) is 0 Å². The molecule has 0 saturated heterocycles. The van der Waals surface area contributed by atoms with Gasteiger partial charge in [-0.2, -0.15) is 4.31 Å². The largest absolute Gasteiger partial charge is 0.348 e. The summed E-state index contributed by atoms with van der Waals surface area (Å²) in [5.41, 5.74) is 5.20. The van der Waals surface area contributed by atoms with E-state index in [0.29, 0.717) is 11.1 Å². The molecule has 0 spiro atoms. The van der Waals surface area contributed by atoms with E-state index in [1.807, 2.05) is 81.4 Å². The van der Waals surface area contributed by atoms with Gasteiger partial charge in [0, 0.05) is 11.0 Å². The van der Waals surface area contributed by atoms with E-state index < -0.39 is 10.0 Å². The van der Waals surface area contributed by atoms with E-state index in [4.69, 9.17) is 0 Å². The topological polar surface area (TPSA) is 66.5 Å². The van der Waals surface area contributed by atoms with Gasteiger partial charge in [-0.25, -0.2) is 8.42 Å². The number of sulfonamides is 1. The lowest BCUT2D eigenvalue weighted by atomic mass is 10.1. The average molecular weight is 544 g/mol. The summed E-state index contributed by atoms with van der Waals surface area (Å²) in [6.07, 6.45) is 0. The SMILES string of the molecule is Cc1ccc(CN(CC(=O)NC(C)c2ccc(Br)cc2)S(=O)(=O)c2c(C)cc(C)cc2C)cc1. The molecule has 1 amide bonds. The van der Waals surface area contributed by atoms with Crippen molar-refractivity contribution in [1.82, 2.24) is 9.62 Å². The summed E-state index contributed by atoms with van der Waals surface area (Å²) in [4.78, 5) is 13.3. The molecule has 0 aliphatic rings. The van der Waals surface area contributed by atoms with E-state index in [2.05, 4.69) is 21.2 Å². The van der Waals surface area contributed by atoms with Crippen molar-refractivity contribution in [2.24, 2.45) is 0 Å². The number of nitrogens with zero attached hydrogens (tertiary/aromatic N) is 1. The molecule has 7 heteroatoms. The molecule has 0 heterocycles. The zero-order valence-electron chi connectivity index (χ0n) is 20.2. The Morgan fingerprint density at radius 2 is 1.47 bits per heavy atom. The number of amides is 1. The molecule has 0 bridgehead atoms. The third-order valence-electron chi connectivity index (χ3n) is 5.75. The Labute approximate surface area is 211 Å². The first-order chi connectivity index (χ1) is 16.0. The van der Waals surface area contributed by atoms with Crippen LogP contribution < -0.4 is 5.32 Å². The molecule has 180 valence electrons. The van der Waals surface area contributed by atoms with E-state index in [0.717, 1.165) is 26.7 Å². The van der Waals surface area contributed by atoms with Crippen molar-refractivity contribution in [3.05, 3.63) is 98.5 Å². The van der Waals surface area contributed by atoms with Crippen LogP contribution in [0.5, 0.6) is 0 Å². The van der Waals surface area contributed by atoms with Gasteiger partial charge in [0.15, 0.2) is 0 Å². The predicted octanol–water partition coefficient (Wildman–Crippen LogP) is 5.75. The lowest BCUT2D eigenvalue weighted by Crippen LogP contribution is -2.41. The minimum absolute atomic E-state index is 0.107. The molecular formula is C27H31BrN2O3S. The standard InChI is InChI=1S/C27H31BrN2O3S/c1-18-6-8-23(9-7-18)16-30(34(32,33)27-20(3)14-19(2)15-21(27)4)17-26(31)29-22(5)24-10-12-25(28)13-11-24/h6-15,22H,16-17H2,1-5H3,(H,29,31). The first-order valence-corrected chi connectivity index (χ1v) is 13.4. The highest BCUT2D eigenvalue weighted by atomic mass is 79.9. The average Bonchev–Trinajstić information content (AvgIpc) is 2.74. The summed E-state index contributed by atoms with van der Waals surface area (Å²) in [6.45, 7) is 9.23. The van der Waals surface area contributed by atoms with Gasteiger partial charge in [-0.05, 0) is 69.0 Å². The number of carbonyl (C=O) groups is 1. The highest BCUT2D eigenvalue weighted by Gasteiger charge is 2.30. The summed E-state index contributed by atoms with van der Waals surface area (Å²) in [5, 5.41) is 2.94. The smallest absolute Gasteiger partial charge is 0.244 e. The summed E-state index contributed by atoms with van der Waals surface area (Å²) < 4.78 is 29.9. The number of hydrogen-bond acceptors (Lipinski definition) is 3. The Morgan fingerprint density at radius 1 is 0.912 bits per heavy atom. The normalized spacial score (nSPS) is 12.6. The van der Waals surface area contributed by atoms with E-state index in [9.17, 15) is 13.2 Å². The first-order valence-electron chi connectivity index (χ1n) is 11.2. The summed E-state index contributed by atoms with van der Waals surface area (Å²) in [6, 6.07) is 18.8. The maximum Gasteiger partial charge on any atom is 0.244 e. The Kier molecular flexibility index (Phi) is 8.34. The molecule has 34 heavy (non-hydrogen) atoms. The molecule has 0 radical (unpaired) electrons. The van der Waals surface area contributed by atoms with Crippen LogP contribution in [0, 0.1) is 27.7 Å². The lowest BCUT2D eigenvalue weighted by molar-refractivity contribution is -0.122. The quantitative estimate of drug-likeness (QED) is 0.394. The molecule has 3 rings (SSSR count). The molecule has 5 nitrogen and oxygen atoms in total. The van der Waals surface area contributed by atoms with Crippen LogP contribution in [0.25, 0.3) is 0 Å². The van der Waals surface area contributed by atoms with Crippen LogP contribution in [-0.2, 0) is 21.4 Å². The molecule has 0 aromatic heterocycles. The van der Waals surface area contributed by atoms with Crippen molar-refractivity contribution < 1.29 is 13.2 Å². The number of benzene rings is 3. The van der Waals surface area contributed by atoms with Crippen LogP contribution in [0.1, 0.15) is 46.3 Å². The summed E-state index contributed by atoms with van der Waals surface area (Å²) in [5.74, 6) is -0.353. The van der Waals surface area contributed by atoms with E-state index >= 15 is 0 Å². The Balaban J connectivity index is 1.91. The Bertz CT molecular complexity index is 1250. The van der Waals surface area contributed by atoms with Gasteiger partial charge in [-0.1, -0.05) is 75.6 Å². The highest BCUT2D eigenvalue weighted by molar-refractivity contribution is 9.10. The Hall–Kier alpha value is -2.48. The molecule has 0 saturated carbocycles. The molecule has 0 aliphatic carbocycles. The van der Waals surface area contributed by atoms with Crippen LogP contribution in [0.2, 0.25) is 0 Å². The van der Waals surface area contributed by atoms with Crippen molar-refractivity contribution in [1.29, 1.82) is 0 Å². The van der Waals surface area contributed by atoms with Crippen molar-refractivity contribution in [2.75, 3.05) is 6.54 Å². The van der Waals surface area contributed by atoms with Gasteiger partial charge in [0.05, 0.1) is 17.5 Å². The van der Waals surface area contributed by atoms with Crippen molar-refractivity contribution >= 4 is 31.9 Å². The van der Waals surface area contributed by atoms with Crippen LogP contribution in [0.4, 0.5) is 0 Å². The second-order valence-electron chi connectivity index (χ2n) is 8.83. The molecule has 1 unspecified atom stereocenters. The van der Waals surface area contributed by atoms with Gasteiger partial charge in [-0.15, -0.1) is 0 Å². The van der Waals surface area contributed by atoms with Crippen LogP contribution in [0.15, 0.2) is 70.0 Å². The first kappa shape index (κ1) is 26.1. The predicted molar refractivity (Wildman–Crippen MR) is 140 cm³/mol. The number of carbonyl (C=O) groups excluding carboxylic acids is 1. The maximum absolute atomic E-state index is 13.8. The summed E-state index contributed by atoms with van der Waals surface area (Å²) in [7, 11) is -3.92. The maximum atomic E-state index is 13.8. The third kappa shape index (κ3) is 6.34. The van der Waals surface area contributed by atoms with Gasteiger partial charge in [0.25, 0.3) is 0 Å². The number of aryl methyl sites for hydroxylation is 4. The Morgan fingerprint density at radius 3 is 2.03 bits per heavy atom. The monoisotopic (exact) mass is 542 g/mol. The van der Waals surface area contributed by atoms with Crippen LogP contribution in [0.3, 0.4) is 0 Å². The number of hydrogen-bond donors (Lipinski definition) is 1. The molecule has 3 aromatic rings. The van der Waals surface area contributed by atoms with Crippen molar-refractivity contribution in [3.8, 4) is 0 Å². The molecule has 1 N–H and O–H groups in total. The molecule has 3 aromatic carbocycles. The zero-order valence-corrected chi connectivity index (χ0v) is 22.6. The third-order valence-corrected chi connectivity index (χ3v) is 8.38. The van der Waals surface area contributed by atoms with Gasteiger partial charge >= 0.3 is 0 Å². The molecule has 1 atom stereocenters. The molecular weight excluding hydrogens is 512 g/mol. The van der Waals surface area contributed by atoms with Crippen LogP contribution >= 0.6 is 15.9 Å². The highest BCUT2D eigenvalue weighted by Crippen LogP contribution is 2.27. The fourth-order valence-corrected chi connectivity index (χ4v) is 6.17. The van der Waals surface area contributed by atoms with E-state index in [1.54, 1.807) is 13.8 Å². The number of halogens is 1. The van der Waals surface area contributed by atoms with Gasteiger partial charge in [0.2, 0.25) is 15.9 Å². The van der Waals surface area contributed by atoms with Gasteiger partial charge in [-0.3, -0.25) is 4.79 Å². The van der Waals surface area contributed by atoms with Gasteiger partial charge < -0.3 is 5.32 Å². The number of nitrogens with one attached hydrogen (secondary N) is 1. The fraction of sp³-hybridized carbons (Fsp3) is 0.296. The van der Waals surface area contributed by atoms with Crippen LogP contribution in [-0.4, -0.2) is 25.2 Å². The minimum atomic E-state index is -3.92. The summed E-state index contributed by atoms with van der Waals surface area (Å²) >= 11 is 3.41. The van der Waals surface area contributed by atoms with Crippen molar-refractivity contribution in [2.45, 2.75) is 52.1 Å². The molecule has 0 aliphatic heterocycles. The number of rotatable bonds is 8. The second-order valence-corrected chi connectivity index (χ2v) is 11.6.